The van der Waals surface area contributed by atoms with Gasteiger partial charge in [-0.15, -0.1) is 0 Å². The minimum Gasteiger partial charge on any atom is -0.435 e. The lowest BCUT2D eigenvalue weighted by Crippen LogP contribution is -2.63. The summed E-state index contributed by atoms with van der Waals surface area (Å²) in [7, 11) is -5.81. The minimum atomic E-state index is -6.35. The van der Waals surface area contributed by atoms with Gasteiger partial charge < -0.3 is 4.74 Å². The second-order valence-electron chi connectivity index (χ2n) is 4.90. The Bertz CT molecular complexity index is 757. The number of carbonyl (C=O) groups is 1. The highest BCUT2D eigenvalue weighted by atomic mass is 127. The highest BCUT2D eigenvalue weighted by Crippen LogP contribution is 2.47. The van der Waals surface area contributed by atoms with E-state index in [1.165, 1.54) is 13.0 Å². The first-order chi connectivity index (χ1) is 11.0. The van der Waals surface area contributed by atoms with Crippen LogP contribution in [0.2, 0.25) is 0 Å². The molecule has 0 heterocycles. The predicted octanol–water partition coefficient (Wildman–Crippen LogP) is 3.51. The quantitative estimate of drug-likeness (QED) is 0.293. The molecule has 0 fully saturated rings. The normalized spacial score (nSPS) is 13.6. The first kappa shape index (κ1) is 22.0. The fourth-order valence-electron chi connectivity index (χ4n) is 1.72. The van der Waals surface area contributed by atoms with E-state index < -0.39 is 45.4 Å². The Morgan fingerprint density at radius 2 is 1.64 bits per heavy atom. The molecular weight excluding hydrogens is 497 g/mol. The van der Waals surface area contributed by atoms with Crippen molar-refractivity contribution in [1.29, 1.82) is 0 Å². The van der Waals surface area contributed by atoms with Gasteiger partial charge in [0.15, 0.2) is 0 Å². The van der Waals surface area contributed by atoms with Crippen LogP contribution in [0.5, 0.6) is 0 Å². The van der Waals surface area contributed by atoms with Crippen molar-refractivity contribution in [2.45, 2.75) is 24.9 Å². The van der Waals surface area contributed by atoms with Crippen molar-refractivity contribution in [3.05, 3.63) is 32.9 Å². The van der Waals surface area contributed by atoms with E-state index in [2.05, 4.69) is 4.74 Å². The Morgan fingerprint density at radius 3 is 2.00 bits per heavy atom. The first-order valence-electron chi connectivity index (χ1n) is 6.08. The molecule has 142 valence electrons. The van der Waals surface area contributed by atoms with Gasteiger partial charge in [-0.2, -0.15) is 34.8 Å². The van der Waals surface area contributed by atoms with Crippen LogP contribution in [-0.4, -0.2) is 42.6 Å². The molecule has 13 heteroatoms. The highest BCUT2D eigenvalue weighted by Gasteiger charge is 2.76. The second-order valence-corrected chi connectivity index (χ2v) is 7.52. The van der Waals surface area contributed by atoms with Gasteiger partial charge in [0.25, 0.3) is 10.1 Å². The van der Waals surface area contributed by atoms with Crippen molar-refractivity contribution < 1.29 is 48.8 Å². The molecule has 0 radical (unpaired) electrons. The third kappa shape index (κ3) is 4.97. The SMILES string of the molecule is Cc1cc(C(=O)OC(CS(=O)(=O)O)(C(F)(F)F)C(F)(F)F)ccc1I. The standard InChI is InChI=1S/C12H9F6IO5S/c1-6-4-7(2-3-8(6)19)9(20)24-10(11(13,14)15,12(16,17)18)5-25(21,22)23/h2-4H,5H2,1H3,(H,21,22,23). The monoisotopic (exact) mass is 506 g/mol. The number of halogens is 7. The Hall–Kier alpha value is -1.09. The van der Waals surface area contributed by atoms with Crippen LogP contribution in [0.1, 0.15) is 15.9 Å². The molecule has 1 rings (SSSR count). The number of carbonyl (C=O) groups excluding carboxylic acids is 1. The maximum atomic E-state index is 13.0. The molecule has 0 saturated carbocycles. The van der Waals surface area contributed by atoms with Crippen molar-refractivity contribution in [3.8, 4) is 0 Å². The molecule has 0 amide bonds. The molecule has 0 aliphatic heterocycles. The molecule has 1 aromatic rings. The van der Waals surface area contributed by atoms with Crippen LogP contribution in [0.4, 0.5) is 26.3 Å². The zero-order valence-electron chi connectivity index (χ0n) is 12.1. The van der Waals surface area contributed by atoms with Crippen molar-refractivity contribution in [3.63, 3.8) is 0 Å². The fourth-order valence-corrected chi connectivity index (χ4v) is 2.95. The van der Waals surface area contributed by atoms with Crippen molar-refractivity contribution in [2.24, 2.45) is 0 Å². The van der Waals surface area contributed by atoms with E-state index in [9.17, 15) is 39.6 Å². The van der Waals surface area contributed by atoms with Gasteiger partial charge in [-0.3, -0.25) is 4.55 Å². The van der Waals surface area contributed by atoms with Crippen molar-refractivity contribution in [1.82, 2.24) is 0 Å². The molecular formula is C12H9F6IO5S. The van der Waals surface area contributed by atoms with Gasteiger partial charge in [0.05, 0.1) is 5.56 Å². The summed E-state index contributed by atoms with van der Waals surface area (Å²) in [5.74, 6) is -4.96. The summed E-state index contributed by atoms with van der Waals surface area (Å²) in [5, 5.41) is 0. The molecule has 0 saturated heterocycles. The van der Waals surface area contributed by atoms with Gasteiger partial charge >= 0.3 is 23.9 Å². The van der Waals surface area contributed by atoms with E-state index in [0.717, 1.165) is 12.1 Å². The van der Waals surface area contributed by atoms with Crippen molar-refractivity contribution >= 4 is 38.7 Å². The third-order valence-electron chi connectivity index (χ3n) is 2.96. The van der Waals surface area contributed by atoms with Gasteiger partial charge in [-0.25, -0.2) is 4.79 Å². The molecule has 1 N–H and O–H groups in total. The van der Waals surface area contributed by atoms with Crippen LogP contribution in [0.15, 0.2) is 18.2 Å². The molecule has 0 bridgehead atoms. The molecule has 0 aromatic heterocycles. The Labute approximate surface area is 151 Å². The van der Waals surface area contributed by atoms with Crippen LogP contribution in [0, 0.1) is 10.5 Å². The van der Waals surface area contributed by atoms with Gasteiger partial charge in [0.2, 0.25) is 0 Å². The minimum absolute atomic E-state index is 0.370. The van der Waals surface area contributed by atoms with Gasteiger partial charge in [0, 0.05) is 3.57 Å². The lowest BCUT2D eigenvalue weighted by atomic mass is 10.0. The van der Waals surface area contributed by atoms with Crippen LogP contribution < -0.4 is 0 Å². The fraction of sp³-hybridized carbons (Fsp3) is 0.417. The topological polar surface area (TPSA) is 80.7 Å². The Morgan fingerprint density at radius 1 is 1.16 bits per heavy atom. The summed E-state index contributed by atoms with van der Waals surface area (Å²) in [6, 6.07) is 3.15. The summed E-state index contributed by atoms with van der Waals surface area (Å²) in [6.07, 6.45) is -12.7. The number of alkyl halides is 6. The lowest BCUT2D eigenvalue weighted by molar-refractivity contribution is -0.356. The van der Waals surface area contributed by atoms with E-state index in [1.807, 2.05) is 22.6 Å². The molecule has 1 aromatic carbocycles. The molecule has 0 spiro atoms. The van der Waals surface area contributed by atoms with Crippen LogP contribution >= 0.6 is 22.6 Å². The van der Waals surface area contributed by atoms with E-state index >= 15 is 0 Å². The maximum absolute atomic E-state index is 13.0. The smallest absolute Gasteiger partial charge is 0.435 e. The third-order valence-corrected chi connectivity index (χ3v) is 4.94. The second kappa shape index (κ2) is 6.90. The summed E-state index contributed by atoms with van der Waals surface area (Å²) in [6.45, 7) is 1.44. The van der Waals surface area contributed by atoms with E-state index in [4.69, 9.17) is 4.55 Å². The van der Waals surface area contributed by atoms with E-state index in [1.54, 1.807) is 0 Å². The van der Waals surface area contributed by atoms with Crippen molar-refractivity contribution in [2.75, 3.05) is 5.75 Å². The number of rotatable bonds is 4. The van der Waals surface area contributed by atoms with E-state index in [0.29, 0.717) is 9.13 Å². The zero-order valence-corrected chi connectivity index (χ0v) is 15.0. The molecule has 0 atom stereocenters. The Balaban J connectivity index is 3.46. The van der Waals surface area contributed by atoms with Gasteiger partial charge in [-0.1, -0.05) is 0 Å². The number of benzene rings is 1. The first-order valence-corrected chi connectivity index (χ1v) is 8.77. The average molecular weight is 506 g/mol. The maximum Gasteiger partial charge on any atom is 0.438 e. The number of hydrogen-bond donors (Lipinski definition) is 1. The van der Waals surface area contributed by atoms with Crippen LogP contribution in [0.25, 0.3) is 0 Å². The number of aryl methyl sites for hydroxylation is 1. The highest BCUT2D eigenvalue weighted by molar-refractivity contribution is 14.1. The summed E-state index contributed by atoms with van der Waals surface area (Å²) in [4.78, 5) is 11.8. The van der Waals surface area contributed by atoms with Gasteiger partial charge in [-0.05, 0) is 53.3 Å². The van der Waals surface area contributed by atoms with E-state index in [-0.39, 0.29) is 0 Å². The summed E-state index contributed by atoms with van der Waals surface area (Å²) >= 11 is 1.81. The zero-order chi connectivity index (χ0) is 19.8. The molecule has 0 aliphatic carbocycles. The number of hydrogen-bond acceptors (Lipinski definition) is 4. The van der Waals surface area contributed by atoms with Gasteiger partial charge in [0.1, 0.15) is 5.75 Å². The predicted molar refractivity (Wildman–Crippen MR) is 80.6 cm³/mol. The van der Waals surface area contributed by atoms with Crippen LogP contribution in [-0.2, 0) is 14.9 Å². The summed E-state index contributed by atoms with van der Waals surface area (Å²) in [5.41, 5.74) is -5.69. The number of ether oxygens (including phenoxy) is 1. The molecule has 0 unspecified atom stereocenters. The largest absolute Gasteiger partial charge is 0.438 e. The number of esters is 1. The molecule has 25 heavy (non-hydrogen) atoms. The molecule has 0 aliphatic rings. The average Bonchev–Trinajstić information content (AvgIpc) is 2.36. The van der Waals surface area contributed by atoms with Crippen LogP contribution in [0.3, 0.4) is 0 Å². The Kier molecular flexibility index (Phi) is 6.06. The lowest BCUT2D eigenvalue weighted by Gasteiger charge is -2.35. The summed E-state index contributed by atoms with van der Waals surface area (Å²) < 4.78 is 112. The molecule has 5 nitrogen and oxygen atoms in total.